The molecule has 1 fully saturated rings. The van der Waals surface area contributed by atoms with E-state index in [-0.39, 0.29) is 11.7 Å². The molecule has 0 spiro atoms. The first-order valence-electron chi connectivity index (χ1n) is 9.59. The van der Waals surface area contributed by atoms with Gasteiger partial charge in [0.1, 0.15) is 17.3 Å². The Morgan fingerprint density at radius 3 is 2.34 bits per heavy atom. The van der Waals surface area contributed by atoms with Crippen molar-refractivity contribution in [3.05, 3.63) is 84.1 Å². The molecule has 0 saturated carbocycles. The summed E-state index contributed by atoms with van der Waals surface area (Å²) in [4.78, 5) is 25.5. The van der Waals surface area contributed by atoms with Crippen LogP contribution < -0.4 is 15.1 Å². The second-order valence-electron chi connectivity index (χ2n) is 6.87. The highest BCUT2D eigenvalue weighted by molar-refractivity contribution is 5.92. The third kappa shape index (κ3) is 4.68. The molecule has 1 aromatic carbocycles. The van der Waals surface area contributed by atoms with Crippen molar-refractivity contribution < 1.29 is 9.18 Å². The lowest BCUT2D eigenvalue weighted by Crippen LogP contribution is -2.46. The number of hydrogen-bond donors (Lipinski definition) is 1. The first-order valence-corrected chi connectivity index (χ1v) is 9.59. The molecule has 0 atom stereocenters. The molecule has 0 aliphatic carbocycles. The van der Waals surface area contributed by atoms with Crippen molar-refractivity contribution in [1.82, 2.24) is 15.3 Å². The number of hydrogen-bond acceptors (Lipinski definition) is 5. The molecule has 0 unspecified atom stereocenters. The van der Waals surface area contributed by atoms with Crippen LogP contribution in [0.2, 0.25) is 0 Å². The minimum absolute atomic E-state index is 0.249. The van der Waals surface area contributed by atoms with Gasteiger partial charge in [-0.15, -0.1) is 0 Å². The summed E-state index contributed by atoms with van der Waals surface area (Å²) in [6.45, 7) is 3.84. The first-order chi connectivity index (χ1) is 14.2. The summed E-state index contributed by atoms with van der Waals surface area (Å²) in [6, 6.07) is 15.7. The van der Waals surface area contributed by atoms with Crippen molar-refractivity contribution in [3.8, 4) is 0 Å². The highest BCUT2D eigenvalue weighted by Crippen LogP contribution is 2.18. The number of rotatable bonds is 5. The summed E-state index contributed by atoms with van der Waals surface area (Å²) >= 11 is 0. The number of carbonyl (C=O) groups is 1. The number of benzene rings is 1. The van der Waals surface area contributed by atoms with Crippen molar-refractivity contribution >= 4 is 17.4 Å². The van der Waals surface area contributed by atoms with Crippen molar-refractivity contribution in [2.24, 2.45) is 0 Å². The van der Waals surface area contributed by atoms with Crippen molar-refractivity contribution in [2.45, 2.75) is 6.54 Å². The normalized spacial score (nSPS) is 14.0. The summed E-state index contributed by atoms with van der Waals surface area (Å²) in [5, 5.41) is 2.81. The van der Waals surface area contributed by atoms with E-state index in [1.807, 2.05) is 30.5 Å². The van der Waals surface area contributed by atoms with Crippen molar-refractivity contribution in [3.63, 3.8) is 0 Å². The Morgan fingerprint density at radius 2 is 1.69 bits per heavy atom. The predicted molar refractivity (Wildman–Crippen MR) is 110 cm³/mol. The molecule has 6 nitrogen and oxygen atoms in total. The fraction of sp³-hybridized carbons (Fsp3) is 0.227. The average molecular weight is 391 g/mol. The van der Waals surface area contributed by atoms with Gasteiger partial charge in [-0.1, -0.05) is 18.2 Å². The quantitative estimate of drug-likeness (QED) is 0.725. The maximum atomic E-state index is 12.9. The molecule has 29 heavy (non-hydrogen) atoms. The van der Waals surface area contributed by atoms with E-state index in [2.05, 4.69) is 25.1 Å². The van der Waals surface area contributed by atoms with Crippen LogP contribution in [0, 0.1) is 5.82 Å². The molecule has 3 aromatic rings. The van der Waals surface area contributed by atoms with Gasteiger partial charge in [0.2, 0.25) is 0 Å². The molecule has 1 N–H and O–H groups in total. The number of halogens is 1. The van der Waals surface area contributed by atoms with Crippen LogP contribution in [-0.2, 0) is 6.54 Å². The number of pyridine rings is 2. The van der Waals surface area contributed by atoms with Crippen LogP contribution in [0.3, 0.4) is 0 Å². The molecular weight excluding hydrogens is 369 g/mol. The molecule has 0 radical (unpaired) electrons. The van der Waals surface area contributed by atoms with Gasteiger partial charge in [0.25, 0.3) is 5.91 Å². The second-order valence-corrected chi connectivity index (χ2v) is 6.87. The summed E-state index contributed by atoms with van der Waals surface area (Å²) in [7, 11) is 0. The summed E-state index contributed by atoms with van der Waals surface area (Å²) in [6.07, 6.45) is 3.55. The Bertz CT molecular complexity index is 939. The zero-order valence-corrected chi connectivity index (χ0v) is 16.0. The van der Waals surface area contributed by atoms with Crippen LogP contribution in [0.5, 0.6) is 0 Å². The second kappa shape index (κ2) is 8.68. The lowest BCUT2D eigenvalue weighted by atomic mass is 10.2. The van der Waals surface area contributed by atoms with Gasteiger partial charge in [0, 0.05) is 38.9 Å². The highest BCUT2D eigenvalue weighted by Gasteiger charge is 2.18. The molecule has 148 valence electrons. The number of carbonyl (C=O) groups excluding carboxylic acids is 1. The maximum Gasteiger partial charge on any atom is 0.270 e. The molecule has 1 amide bonds. The van der Waals surface area contributed by atoms with Gasteiger partial charge in [0.05, 0.1) is 11.9 Å². The molecule has 2 aromatic heterocycles. The lowest BCUT2D eigenvalue weighted by Gasteiger charge is -2.36. The van der Waals surface area contributed by atoms with Crippen molar-refractivity contribution in [1.29, 1.82) is 0 Å². The number of amides is 1. The van der Waals surface area contributed by atoms with Crippen LogP contribution in [0.1, 0.15) is 16.1 Å². The Kier molecular flexibility index (Phi) is 5.65. The van der Waals surface area contributed by atoms with E-state index in [4.69, 9.17) is 0 Å². The minimum atomic E-state index is -0.293. The van der Waals surface area contributed by atoms with E-state index >= 15 is 0 Å². The number of piperazine rings is 1. The third-order valence-electron chi connectivity index (χ3n) is 4.96. The summed E-state index contributed by atoms with van der Waals surface area (Å²) < 4.78 is 12.9. The fourth-order valence-electron chi connectivity index (χ4n) is 3.32. The molecule has 1 aliphatic rings. The van der Waals surface area contributed by atoms with Gasteiger partial charge in [-0.05, 0) is 42.0 Å². The Hall–Kier alpha value is -3.48. The van der Waals surface area contributed by atoms with Crippen LogP contribution in [-0.4, -0.2) is 42.1 Å². The standard InChI is InChI=1S/C22H22FN5O/c23-18-6-4-17(5-7-18)15-26-22(29)20-9-8-19(16-25-20)27-11-13-28(14-12-27)21-3-1-2-10-24-21/h1-10,16H,11-15H2,(H,26,29). The average Bonchev–Trinajstić information content (AvgIpc) is 2.79. The van der Waals surface area contributed by atoms with E-state index in [0.717, 1.165) is 43.2 Å². The van der Waals surface area contributed by atoms with Gasteiger partial charge >= 0.3 is 0 Å². The first kappa shape index (κ1) is 18.9. The largest absolute Gasteiger partial charge is 0.367 e. The zero-order valence-electron chi connectivity index (χ0n) is 16.0. The number of nitrogens with zero attached hydrogens (tertiary/aromatic N) is 4. The maximum absolute atomic E-state index is 12.9. The lowest BCUT2D eigenvalue weighted by molar-refractivity contribution is 0.0946. The molecular formula is C22H22FN5O. The molecule has 0 bridgehead atoms. The Labute approximate surface area is 169 Å². The van der Waals surface area contributed by atoms with Gasteiger partial charge < -0.3 is 15.1 Å². The SMILES string of the molecule is O=C(NCc1ccc(F)cc1)c1ccc(N2CCN(c3ccccn3)CC2)cn1. The zero-order chi connectivity index (χ0) is 20.1. The van der Waals surface area contributed by atoms with E-state index in [0.29, 0.717) is 12.2 Å². The van der Waals surface area contributed by atoms with Crippen LogP contribution >= 0.6 is 0 Å². The van der Waals surface area contributed by atoms with E-state index < -0.39 is 0 Å². The molecule has 7 heteroatoms. The topological polar surface area (TPSA) is 61.4 Å². The third-order valence-corrected chi connectivity index (χ3v) is 4.96. The number of nitrogens with one attached hydrogen (secondary N) is 1. The molecule has 3 heterocycles. The fourth-order valence-corrected chi connectivity index (χ4v) is 3.32. The predicted octanol–water partition coefficient (Wildman–Crippen LogP) is 2.87. The van der Waals surface area contributed by atoms with Gasteiger partial charge in [-0.2, -0.15) is 0 Å². The summed E-state index contributed by atoms with van der Waals surface area (Å²) in [5.41, 5.74) is 2.20. The van der Waals surface area contributed by atoms with Gasteiger partial charge in [-0.25, -0.2) is 14.4 Å². The number of anilines is 2. The summed E-state index contributed by atoms with van der Waals surface area (Å²) in [5.74, 6) is 0.456. The van der Waals surface area contributed by atoms with Gasteiger partial charge in [0.15, 0.2) is 0 Å². The molecule has 4 rings (SSSR count). The Morgan fingerprint density at radius 1 is 0.931 bits per heavy atom. The number of aromatic nitrogens is 2. The van der Waals surface area contributed by atoms with E-state index in [1.165, 1.54) is 12.1 Å². The molecule has 1 saturated heterocycles. The minimum Gasteiger partial charge on any atom is -0.367 e. The van der Waals surface area contributed by atoms with Crippen molar-refractivity contribution in [2.75, 3.05) is 36.0 Å². The van der Waals surface area contributed by atoms with Crippen LogP contribution in [0.4, 0.5) is 15.9 Å². The van der Waals surface area contributed by atoms with Crippen LogP contribution in [0.15, 0.2) is 67.0 Å². The van der Waals surface area contributed by atoms with Crippen LogP contribution in [0.25, 0.3) is 0 Å². The monoisotopic (exact) mass is 391 g/mol. The smallest absolute Gasteiger partial charge is 0.270 e. The van der Waals surface area contributed by atoms with Gasteiger partial charge in [-0.3, -0.25) is 4.79 Å². The molecule has 1 aliphatic heterocycles. The van der Waals surface area contributed by atoms with E-state index in [9.17, 15) is 9.18 Å². The van der Waals surface area contributed by atoms with E-state index in [1.54, 1.807) is 24.4 Å². The Balaban J connectivity index is 1.31. The highest BCUT2D eigenvalue weighted by atomic mass is 19.1.